The first-order chi connectivity index (χ1) is 14.0. The molecule has 148 valence electrons. The van der Waals surface area contributed by atoms with E-state index in [1.807, 2.05) is 54.9 Å². The van der Waals surface area contributed by atoms with Crippen molar-refractivity contribution in [1.82, 2.24) is 25.1 Å². The maximum Gasteiger partial charge on any atom is 0.230 e. The molecule has 0 bridgehead atoms. The SMILES string of the molecule is Cc1ccccc1-n1c(SCC(=O)NC(C)C)nnc1-c1c[nH]c2ccccc12. The highest BCUT2D eigenvalue weighted by Crippen LogP contribution is 2.33. The number of hydrogen-bond acceptors (Lipinski definition) is 4. The summed E-state index contributed by atoms with van der Waals surface area (Å²) < 4.78 is 2.04. The van der Waals surface area contributed by atoms with Gasteiger partial charge in [-0.2, -0.15) is 0 Å². The highest BCUT2D eigenvalue weighted by molar-refractivity contribution is 7.99. The predicted molar refractivity (Wildman–Crippen MR) is 117 cm³/mol. The predicted octanol–water partition coefficient (Wildman–Crippen LogP) is 4.34. The van der Waals surface area contributed by atoms with Gasteiger partial charge in [-0.25, -0.2) is 0 Å². The fourth-order valence-electron chi connectivity index (χ4n) is 3.32. The van der Waals surface area contributed by atoms with Crippen LogP contribution in [0.25, 0.3) is 28.0 Å². The zero-order valence-electron chi connectivity index (χ0n) is 16.6. The number of rotatable bonds is 6. The van der Waals surface area contributed by atoms with Gasteiger partial charge in [-0.15, -0.1) is 10.2 Å². The van der Waals surface area contributed by atoms with Crippen molar-refractivity contribution >= 4 is 28.6 Å². The lowest BCUT2D eigenvalue weighted by Gasteiger charge is -2.13. The first-order valence-corrected chi connectivity index (χ1v) is 10.5. The van der Waals surface area contributed by atoms with Gasteiger partial charge >= 0.3 is 0 Å². The fourth-order valence-corrected chi connectivity index (χ4v) is 4.08. The number of thioether (sulfide) groups is 1. The number of benzene rings is 2. The molecule has 4 rings (SSSR count). The number of fused-ring (bicyclic) bond motifs is 1. The average molecular weight is 406 g/mol. The second-order valence-electron chi connectivity index (χ2n) is 7.19. The Hall–Kier alpha value is -3.06. The molecule has 29 heavy (non-hydrogen) atoms. The zero-order chi connectivity index (χ0) is 20.4. The van der Waals surface area contributed by atoms with Gasteiger partial charge in [0.15, 0.2) is 11.0 Å². The first kappa shape index (κ1) is 19.3. The smallest absolute Gasteiger partial charge is 0.230 e. The molecule has 0 fully saturated rings. The minimum absolute atomic E-state index is 0.0158. The van der Waals surface area contributed by atoms with Crippen molar-refractivity contribution in [3.63, 3.8) is 0 Å². The number of hydrogen-bond donors (Lipinski definition) is 2. The van der Waals surface area contributed by atoms with Gasteiger partial charge in [0, 0.05) is 28.7 Å². The maximum absolute atomic E-state index is 12.2. The molecule has 0 unspecified atom stereocenters. The van der Waals surface area contributed by atoms with E-state index in [1.165, 1.54) is 11.8 Å². The number of H-pyrrole nitrogens is 1. The molecule has 0 spiro atoms. The summed E-state index contributed by atoms with van der Waals surface area (Å²) in [6.07, 6.45) is 1.96. The monoisotopic (exact) mass is 405 g/mol. The molecule has 1 amide bonds. The maximum atomic E-state index is 12.2. The Labute approximate surface area is 173 Å². The van der Waals surface area contributed by atoms with Crippen LogP contribution in [-0.4, -0.2) is 37.5 Å². The highest BCUT2D eigenvalue weighted by atomic mass is 32.2. The van der Waals surface area contributed by atoms with Gasteiger partial charge in [0.05, 0.1) is 11.4 Å². The Morgan fingerprint density at radius 2 is 1.90 bits per heavy atom. The van der Waals surface area contributed by atoms with Crippen molar-refractivity contribution in [3.05, 3.63) is 60.3 Å². The van der Waals surface area contributed by atoms with E-state index < -0.39 is 0 Å². The van der Waals surface area contributed by atoms with E-state index in [4.69, 9.17) is 0 Å². The van der Waals surface area contributed by atoms with E-state index in [1.54, 1.807) is 0 Å². The zero-order valence-corrected chi connectivity index (χ0v) is 17.5. The number of aromatic nitrogens is 4. The van der Waals surface area contributed by atoms with Crippen LogP contribution in [0.2, 0.25) is 0 Å². The van der Waals surface area contributed by atoms with E-state index in [0.29, 0.717) is 5.16 Å². The number of nitrogens with zero attached hydrogens (tertiary/aromatic N) is 3. The molecule has 7 heteroatoms. The number of carbonyl (C=O) groups excluding carboxylic acids is 1. The van der Waals surface area contributed by atoms with Gasteiger partial charge in [-0.05, 0) is 38.5 Å². The van der Waals surface area contributed by atoms with Crippen LogP contribution < -0.4 is 5.32 Å². The first-order valence-electron chi connectivity index (χ1n) is 9.54. The number of amides is 1. The Bertz CT molecular complexity index is 1160. The summed E-state index contributed by atoms with van der Waals surface area (Å²) in [5.41, 5.74) is 4.15. The van der Waals surface area contributed by atoms with Crippen LogP contribution in [0.3, 0.4) is 0 Å². The van der Waals surface area contributed by atoms with E-state index in [-0.39, 0.29) is 17.7 Å². The second-order valence-corrected chi connectivity index (χ2v) is 8.13. The van der Waals surface area contributed by atoms with Crippen LogP contribution in [0.1, 0.15) is 19.4 Å². The molecule has 2 heterocycles. The summed E-state index contributed by atoms with van der Waals surface area (Å²) in [6.45, 7) is 5.97. The minimum Gasteiger partial charge on any atom is -0.360 e. The standard InChI is InChI=1S/C22H23N5OS/c1-14(2)24-20(28)13-29-22-26-25-21(27(22)19-11-7-4-8-15(19)3)17-12-23-18-10-6-5-9-16(17)18/h4-12,14,23H,13H2,1-3H3,(H,24,28). The molecule has 0 aliphatic carbocycles. The third kappa shape index (κ3) is 3.91. The molecule has 0 atom stereocenters. The number of carbonyl (C=O) groups is 1. The average Bonchev–Trinajstić information content (AvgIpc) is 3.30. The van der Waals surface area contributed by atoms with Crippen molar-refractivity contribution in [2.45, 2.75) is 32.0 Å². The molecule has 0 saturated heterocycles. The van der Waals surface area contributed by atoms with Crippen molar-refractivity contribution in [2.24, 2.45) is 0 Å². The topological polar surface area (TPSA) is 75.6 Å². The molecule has 4 aromatic rings. The third-order valence-corrected chi connectivity index (χ3v) is 5.53. The Morgan fingerprint density at radius 3 is 2.69 bits per heavy atom. The van der Waals surface area contributed by atoms with Gasteiger partial charge in [0.2, 0.25) is 5.91 Å². The summed E-state index contributed by atoms with van der Waals surface area (Å²) in [5.74, 6) is 1.03. The lowest BCUT2D eigenvalue weighted by Crippen LogP contribution is -2.31. The van der Waals surface area contributed by atoms with Gasteiger partial charge in [-0.3, -0.25) is 9.36 Å². The summed E-state index contributed by atoms with van der Waals surface area (Å²) in [4.78, 5) is 15.5. The molecular weight excluding hydrogens is 382 g/mol. The van der Waals surface area contributed by atoms with Crippen LogP contribution in [0.4, 0.5) is 0 Å². The van der Waals surface area contributed by atoms with Crippen LogP contribution in [0.5, 0.6) is 0 Å². The molecule has 6 nitrogen and oxygen atoms in total. The van der Waals surface area contributed by atoms with Crippen LogP contribution in [-0.2, 0) is 4.79 Å². The lowest BCUT2D eigenvalue weighted by atomic mass is 10.1. The van der Waals surface area contributed by atoms with Crippen LogP contribution >= 0.6 is 11.8 Å². The van der Waals surface area contributed by atoms with Crippen molar-refractivity contribution in [1.29, 1.82) is 0 Å². The van der Waals surface area contributed by atoms with Gasteiger partial charge in [0.25, 0.3) is 0 Å². The third-order valence-electron chi connectivity index (χ3n) is 4.60. The lowest BCUT2D eigenvalue weighted by molar-refractivity contribution is -0.119. The number of para-hydroxylation sites is 2. The molecule has 0 aliphatic heterocycles. The Morgan fingerprint density at radius 1 is 1.14 bits per heavy atom. The van der Waals surface area contributed by atoms with Gasteiger partial charge < -0.3 is 10.3 Å². The van der Waals surface area contributed by atoms with E-state index in [0.717, 1.165) is 33.5 Å². The molecule has 2 N–H and O–H groups in total. The summed E-state index contributed by atoms with van der Waals surface area (Å²) in [6, 6.07) is 16.4. The normalized spacial score (nSPS) is 11.3. The largest absolute Gasteiger partial charge is 0.360 e. The molecule has 0 saturated carbocycles. The molecule has 2 aromatic carbocycles. The molecule has 0 radical (unpaired) electrons. The Balaban J connectivity index is 1.79. The quantitative estimate of drug-likeness (QED) is 0.468. The number of aromatic amines is 1. The summed E-state index contributed by atoms with van der Waals surface area (Å²) in [5, 5.41) is 13.6. The van der Waals surface area contributed by atoms with E-state index in [9.17, 15) is 4.79 Å². The summed E-state index contributed by atoms with van der Waals surface area (Å²) >= 11 is 1.39. The van der Waals surface area contributed by atoms with Gasteiger partial charge in [0.1, 0.15) is 0 Å². The fraction of sp³-hybridized carbons (Fsp3) is 0.227. The van der Waals surface area contributed by atoms with Crippen molar-refractivity contribution < 1.29 is 4.79 Å². The minimum atomic E-state index is -0.0158. The summed E-state index contributed by atoms with van der Waals surface area (Å²) in [7, 11) is 0. The van der Waals surface area contributed by atoms with Crippen molar-refractivity contribution in [3.8, 4) is 17.1 Å². The molecule has 0 aliphatic rings. The highest BCUT2D eigenvalue weighted by Gasteiger charge is 2.20. The molecule has 2 aromatic heterocycles. The number of nitrogens with one attached hydrogen (secondary N) is 2. The van der Waals surface area contributed by atoms with Crippen LogP contribution in [0.15, 0.2) is 59.9 Å². The van der Waals surface area contributed by atoms with E-state index in [2.05, 4.69) is 45.6 Å². The van der Waals surface area contributed by atoms with Gasteiger partial charge in [-0.1, -0.05) is 48.2 Å². The molecular formula is C22H23N5OS. The van der Waals surface area contributed by atoms with Crippen molar-refractivity contribution in [2.75, 3.05) is 5.75 Å². The second kappa shape index (κ2) is 8.13. The number of aryl methyl sites for hydroxylation is 1. The Kier molecular flexibility index (Phi) is 5.40. The van der Waals surface area contributed by atoms with E-state index >= 15 is 0 Å². The van der Waals surface area contributed by atoms with Crippen LogP contribution in [0, 0.1) is 6.92 Å².